The van der Waals surface area contributed by atoms with Crippen molar-refractivity contribution in [2.24, 2.45) is 0 Å². The first-order valence-electron chi connectivity index (χ1n) is 7.89. The number of nitrogens with one attached hydrogen (secondary N) is 1. The van der Waals surface area contributed by atoms with Gasteiger partial charge in [-0.15, -0.1) is 0 Å². The molecule has 3 rings (SSSR count). The fraction of sp³-hybridized carbons (Fsp3) is 0.733. The maximum Gasteiger partial charge on any atom is 0.410 e. The minimum absolute atomic E-state index is 0.00812. The third-order valence-corrected chi connectivity index (χ3v) is 3.96. The van der Waals surface area contributed by atoms with Crippen LogP contribution in [-0.2, 0) is 4.74 Å². The van der Waals surface area contributed by atoms with Crippen molar-refractivity contribution in [3.63, 3.8) is 0 Å². The number of hydrogen-bond acceptors (Lipinski definition) is 5. The number of amides is 1. The van der Waals surface area contributed by atoms with Crippen molar-refractivity contribution in [1.82, 2.24) is 20.0 Å². The van der Waals surface area contributed by atoms with Crippen LogP contribution in [-0.4, -0.2) is 46.0 Å². The molecule has 0 bridgehead atoms. The average Bonchev–Trinajstić information content (AvgIpc) is 3.20. The van der Waals surface area contributed by atoms with Gasteiger partial charge in [-0.1, -0.05) is 0 Å². The molecule has 0 aromatic carbocycles. The topological polar surface area (TPSA) is 85.4 Å². The van der Waals surface area contributed by atoms with E-state index in [0.29, 0.717) is 24.9 Å². The molecule has 3 N–H and O–H groups in total. The van der Waals surface area contributed by atoms with Crippen LogP contribution in [0.15, 0.2) is 6.20 Å². The minimum Gasteiger partial charge on any atom is -0.444 e. The molecule has 7 heteroatoms. The Kier molecular flexibility index (Phi) is 3.76. The van der Waals surface area contributed by atoms with Gasteiger partial charge in [-0.05, 0) is 33.6 Å². The number of nitrogens with two attached hydrogens (primary N) is 1. The van der Waals surface area contributed by atoms with E-state index in [1.165, 1.54) is 0 Å². The lowest BCUT2D eigenvalue weighted by atomic mass is 10.1. The van der Waals surface area contributed by atoms with Crippen LogP contribution in [0.4, 0.5) is 10.6 Å². The van der Waals surface area contributed by atoms with E-state index < -0.39 is 5.60 Å². The van der Waals surface area contributed by atoms with Crippen LogP contribution in [0, 0.1) is 0 Å². The fourth-order valence-electron chi connectivity index (χ4n) is 2.71. The predicted octanol–water partition coefficient (Wildman–Crippen LogP) is 1.68. The maximum atomic E-state index is 12.2. The van der Waals surface area contributed by atoms with Crippen molar-refractivity contribution in [3.05, 3.63) is 11.8 Å². The summed E-state index contributed by atoms with van der Waals surface area (Å²) in [5.41, 5.74) is 6.72. The van der Waals surface area contributed by atoms with Crippen LogP contribution >= 0.6 is 0 Å². The second-order valence-corrected chi connectivity index (χ2v) is 7.09. The van der Waals surface area contributed by atoms with Crippen LogP contribution in [0.1, 0.15) is 51.3 Å². The van der Waals surface area contributed by atoms with E-state index >= 15 is 0 Å². The molecule has 1 aliphatic carbocycles. The highest BCUT2D eigenvalue weighted by molar-refractivity contribution is 5.68. The smallest absolute Gasteiger partial charge is 0.410 e. The van der Waals surface area contributed by atoms with Gasteiger partial charge in [0.2, 0.25) is 0 Å². The highest BCUT2D eigenvalue weighted by atomic mass is 16.6. The molecule has 2 aliphatic rings. The first kappa shape index (κ1) is 15.1. The Labute approximate surface area is 130 Å². The quantitative estimate of drug-likeness (QED) is 0.868. The molecule has 7 nitrogen and oxygen atoms in total. The number of anilines is 1. The average molecular weight is 307 g/mol. The molecule has 1 amide bonds. The number of hydrogen-bond donors (Lipinski definition) is 2. The van der Waals surface area contributed by atoms with Gasteiger partial charge in [-0.2, -0.15) is 5.10 Å². The van der Waals surface area contributed by atoms with Gasteiger partial charge in [0.15, 0.2) is 0 Å². The molecule has 0 spiro atoms. The Morgan fingerprint density at radius 1 is 1.45 bits per heavy atom. The lowest BCUT2D eigenvalue weighted by Gasteiger charge is -2.34. The van der Waals surface area contributed by atoms with Crippen LogP contribution < -0.4 is 11.1 Å². The molecule has 1 aliphatic heterocycles. The number of rotatable bonds is 2. The molecule has 1 aromatic rings. The molecule has 122 valence electrons. The van der Waals surface area contributed by atoms with Crippen LogP contribution in [0.3, 0.4) is 0 Å². The molecule has 0 radical (unpaired) electrons. The van der Waals surface area contributed by atoms with E-state index in [-0.39, 0.29) is 12.1 Å². The molecule has 1 atom stereocenters. The molecule has 1 saturated carbocycles. The normalized spacial score (nSPS) is 22.7. The zero-order valence-corrected chi connectivity index (χ0v) is 13.5. The first-order chi connectivity index (χ1) is 10.3. The van der Waals surface area contributed by atoms with Gasteiger partial charge < -0.3 is 20.7 Å². The van der Waals surface area contributed by atoms with Crippen LogP contribution in [0.2, 0.25) is 0 Å². The van der Waals surface area contributed by atoms with Crippen LogP contribution in [0.25, 0.3) is 0 Å². The summed E-state index contributed by atoms with van der Waals surface area (Å²) in [4.78, 5) is 14.0. The number of carbonyl (C=O) groups excluding carboxylic acids is 1. The van der Waals surface area contributed by atoms with Crippen molar-refractivity contribution < 1.29 is 9.53 Å². The molecule has 1 aromatic heterocycles. The van der Waals surface area contributed by atoms with Crippen molar-refractivity contribution in [2.75, 3.05) is 25.4 Å². The Bertz CT molecular complexity index is 559. The first-order valence-corrected chi connectivity index (χ1v) is 7.89. The van der Waals surface area contributed by atoms with Crippen molar-refractivity contribution in [2.45, 2.75) is 51.3 Å². The van der Waals surface area contributed by atoms with Gasteiger partial charge >= 0.3 is 6.09 Å². The summed E-state index contributed by atoms with van der Waals surface area (Å²) in [6.07, 6.45) is 3.84. The monoisotopic (exact) mass is 307 g/mol. The highest BCUT2D eigenvalue weighted by Gasteiger charge is 2.32. The second kappa shape index (κ2) is 5.46. The minimum atomic E-state index is -0.479. The van der Waals surface area contributed by atoms with Gasteiger partial charge in [0.05, 0.1) is 18.3 Å². The zero-order valence-electron chi connectivity index (χ0n) is 13.5. The summed E-state index contributed by atoms with van der Waals surface area (Å²) in [5, 5.41) is 7.81. The summed E-state index contributed by atoms with van der Waals surface area (Å²) in [7, 11) is 0. The Morgan fingerprint density at radius 3 is 2.82 bits per heavy atom. The highest BCUT2D eigenvalue weighted by Crippen LogP contribution is 2.38. The number of carbonyl (C=O) groups is 1. The maximum absolute atomic E-state index is 12.2. The lowest BCUT2D eigenvalue weighted by molar-refractivity contribution is 0.0195. The van der Waals surface area contributed by atoms with Crippen LogP contribution in [0.5, 0.6) is 0 Å². The molecule has 22 heavy (non-hydrogen) atoms. The van der Waals surface area contributed by atoms with Gasteiger partial charge in [-0.3, -0.25) is 0 Å². The van der Waals surface area contributed by atoms with Crippen molar-refractivity contribution >= 4 is 11.9 Å². The Hall–Kier alpha value is -1.76. The van der Waals surface area contributed by atoms with E-state index in [4.69, 9.17) is 10.5 Å². The number of nitrogen functional groups attached to an aromatic ring is 1. The number of aromatic nitrogens is 2. The summed E-state index contributed by atoms with van der Waals surface area (Å²) >= 11 is 0. The van der Waals surface area contributed by atoms with E-state index in [0.717, 1.165) is 24.9 Å². The lowest BCUT2D eigenvalue weighted by Crippen LogP contribution is -2.49. The third-order valence-electron chi connectivity index (χ3n) is 3.96. The summed E-state index contributed by atoms with van der Waals surface area (Å²) in [6.45, 7) is 7.54. The van der Waals surface area contributed by atoms with Gasteiger partial charge in [0, 0.05) is 25.2 Å². The Balaban J connectivity index is 1.69. The molecule has 2 heterocycles. The van der Waals surface area contributed by atoms with Gasteiger partial charge in [0.25, 0.3) is 0 Å². The van der Waals surface area contributed by atoms with E-state index in [1.54, 1.807) is 4.90 Å². The van der Waals surface area contributed by atoms with E-state index in [2.05, 4.69) is 10.4 Å². The third kappa shape index (κ3) is 3.19. The molecule has 1 saturated heterocycles. The standard InChI is InChI=1S/C15H25N5O2/c1-15(2,3)22-14(21)19-7-6-17-12(9-19)11-8-18-20(13(11)16)10-4-5-10/h8,10,12,17H,4-7,9,16H2,1-3H3. The summed E-state index contributed by atoms with van der Waals surface area (Å²) in [6, 6.07) is 0.466. The SMILES string of the molecule is CC(C)(C)OC(=O)N1CCNC(c2cnn(C3CC3)c2N)C1. The van der Waals surface area contributed by atoms with Gasteiger partial charge in [-0.25, -0.2) is 9.48 Å². The van der Waals surface area contributed by atoms with Crippen molar-refractivity contribution in [1.29, 1.82) is 0 Å². The van der Waals surface area contributed by atoms with E-state index in [9.17, 15) is 4.79 Å². The fourth-order valence-corrected chi connectivity index (χ4v) is 2.71. The van der Waals surface area contributed by atoms with E-state index in [1.807, 2.05) is 31.6 Å². The second-order valence-electron chi connectivity index (χ2n) is 7.09. The summed E-state index contributed by atoms with van der Waals surface area (Å²) < 4.78 is 7.36. The number of piperazine rings is 1. The van der Waals surface area contributed by atoms with Crippen molar-refractivity contribution in [3.8, 4) is 0 Å². The zero-order chi connectivity index (χ0) is 15.9. The number of ether oxygens (including phenoxy) is 1. The molecule has 2 fully saturated rings. The molecular formula is C15H25N5O2. The largest absolute Gasteiger partial charge is 0.444 e. The summed E-state index contributed by atoms with van der Waals surface area (Å²) in [5.74, 6) is 0.714. The van der Waals surface area contributed by atoms with Gasteiger partial charge in [0.1, 0.15) is 11.4 Å². The predicted molar refractivity (Wildman–Crippen MR) is 83.5 cm³/mol. The molecule has 1 unspecified atom stereocenters. The Morgan fingerprint density at radius 2 is 2.18 bits per heavy atom. The molecular weight excluding hydrogens is 282 g/mol. The number of nitrogens with zero attached hydrogens (tertiary/aromatic N) is 3.